The zero-order valence-corrected chi connectivity index (χ0v) is 15.2. The van der Waals surface area contributed by atoms with Gasteiger partial charge >= 0.3 is 0 Å². The average Bonchev–Trinajstić information content (AvgIpc) is 2.72. The maximum Gasteiger partial charge on any atom is 0.243 e. The van der Waals surface area contributed by atoms with E-state index in [1.165, 1.54) is 4.31 Å². The van der Waals surface area contributed by atoms with Crippen LogP contribution in [0.15, 0.2) is 29.2 Å². The zero-order chi connectivity index (χ0) is 17.3. The van der Waals surface area contributed by atoms with Gasteiger partial charge in [-0.3, -0.25) is 4.79 Å². The van der Waals surface area contributed by atoms with Crippen molar-refractivity contribution in [1.29, 1.82) is 0 Å². The van der Waals surface area contributed by atoms with E-state index in [0.717, 1.165) is 5.56 Å². The fourth-order valence-corrected chi connectivity index (χ4v) is 4.49. The molecule has 0 radical (unpaired) electrons. The fourth-order valence-electron chi connectivity index (χ4n) is 2.80. The molecule has 2 rings (SSSR count). The minimum absolute atomic E-state index is 0.0765. The Bertz CT molecular complexity index is 677. The molecule has 6 heteroatoms. The Kier molecular flexibility index (Phi) is 5.16. The van der Waals surface area contributed by atoms with Crippen molar-refractivity contribution in [2.24, 2.45) is 5.41 Å². The first-order chi connectivity index (χ1) is 10.6. The second-order valence-electron chi connectivity index (χ2n) is 7.07. The molecule has 0 unspecified atom stereocenters. The van der Waals surface area contributed by atoms with Crippen molar-refractivity contribution in [2.75, 3.05) is 26.2 Å². The van der Waals surface area contributed by atoms with Crippen molar-refractivity contribution in [1.82, 2.24) is 9.21 Å². The zero-order valence-electron chi connectivity index (χ0n) is 14.4. The van der Waals surface area contributed by atoms with Crippen LogP contribution in [0.5, 0.6) is 0 Å². The summed E-state index contributed by atoms with van der Waals surface area (Å²) < 4.78 is 27.2. The van der Waals surface area contributed by atoms with Gasteiger partial charge in [0.2, 0.25) is 15.9 Å². The molecule has 0 bridgehead atoms. The van der Waals surface area contributed by atoms with Crippen LogP contribution in [0.4, 0.5) is 0 Å². The molecule has 1 amide bonds. The van der Waals surface area contributed by atoms with Crippen LogP contribution in [0, 0.1) is 12.3 Å². The van der Waals surface area contributed by atoms with E-state index in [1.807, 2.05) is 26.8 Å². The van der Waals surface area contributed by atoms with Crippen LogP contribution in [0.1, 0.15) is 32.8 Å². The lowest BCUT2D eigenvalue weighted by Crippen LogP contribution is -2.42. The summed E-state index contributed by atoms with van der Waals surface area (Å²) in [5.41, 5.74) is 0.309. The molecule has 23 heavy (non-hydrogen) atoms. The molecule has 0 spiro atoms. The monoisotopic (exact) mass is 338 g/mol. The summed E-state index contributed by atoms with van der Waals surface area (Å²) in [5, 5.41) is 0. The van der Waals surface area contributed by atoms with Crippen LogP contribution in [-0.2, 0) is 14.8 Å². The molecule has 1 aliphatic rings. The number of aryl methyl sites for hydroxylation is 1. The van der Waals surface area contributed by atoms with Crippen LogP contribution in [0.2, 0.25) is 0 Å². The Morgan fingerprint density at radius 1 is 1.04 bits per heavy atom. The Hall–Kier alpha value is -1.40. The number of sulfonamides is 1. The Labute approximate surface area is 139 Å². The molecule has 1 aliphatic heterocycles. The molecule has 1 aromatic rings. The molecule has 1 saturated heterocycles. The molecule has 1 fully saturated rings. The van der Waals surface area contributed by atoms with Crippen molar-refractivity contribution in [2.45, 2.75) is 39.0 Å². The van der Waals surface area contributed by atoms with Gasteiger partial charge < -0.3 is 4.90 Å². The first kappa shape index (κ1) is 17.9. The van der Waals surface area contributed by atoms with Crippen molar-refractivity contribution in [3.8, 4) is 0 Å². The number of carbonyl (C=O) groups is 1. The fraction of sp³-hybridized carbons (Fsp3) is 0.588. The number of rotatable bonds is 2. The van der Waals surface area contributed by atoms with Gasteiger partial charge in [0.1, 0.15) is 0 Å². The molecule has 5 nitrogen and oxygen atoms in total. The van der Waals surface area contributed by atoms with Gasteiger partial charge in [0.25, 0.3) is 0 Å². The number of hydrogen-bond acceptors (Lipinski definition) is 3. The molecule has 0 aromatic heterocycles. The standard InChI is InChI=1S/C17H26N2O3S/c1-14-8-5-6-9-15(14)23(21,22)19-11-7-10-18(12-13-19)16(20)17(2,3)4/h5-6,8-9H,7,10-13H2,1-4H3. The van der Waals surface area contributed by atoms with E-state index in [2.05, 4.69) is 0 Å². The topological polar surface area (TPSA) is 57.7 Å². The summed E-state index contributed by atoms with van der Waals surface area (Å²) in [4.78, 5) is 14.6. The predicted octanol–water partition coefficient (Wildman–Crippen LogP) is 2.26. The lowest BCUT2D eigenvalue weighted by molar-refractivity contribution is -0.139. The molecular weight excluding hydrogens is 312 g/mol. The van der Waals surface area contributed by atoms with Crippen molar-refractivity contribution < 1.29 is 13.2 Å². The lowest BCUT2D eigenvalue weighted by Gasteiger charge is -2.28. The molecule has 128 valence electrons. The summed E-state index contributed by atoms with van der Waals surface area (Å²) in [5.74, 6) is 0.0765. The van der Waals surface area contributed by atoms with Gasteiger partial charge in [-0.25, -0.2) is 8.42 Å². The van der Waals surface area contributed by atoms with E-state index >= 15 is 0 Å². The van der Waals surface area contributed by atoms with Gasteiger partial charge in [0.05, 0.1) is 4.90 Å². The van der Waals surface area contributed by atoms with Gasteiger partial charge in [-0.2, -0.15) is 4.31 Å². The first-order valence-corrected chi connectivity index (χ1v) is 9.43. The maximum atomic E-state index is 12.9. The van der Waals surface area contributed by atoms with Crippen LogP contribution in [-0.4, -0.2) is 49.7 Å². The molecular formula is C17H26N2O3S. The summed E-state index contributed by atoms with van der Waals surface area (Å²) in [7, 11) is -3.51. The highest BCUT2D eigenvalue weighted by Gasteiger charge is 2.32. The van der Waals surface area contributed by atoms with Crippen molar-refractivity contribution in [3.05, 3.63) is 29.8 Å². The summed E-state index contributed by atoms with van der Waals surface area (Å²) >= 11 is 0. The molecule has 1 aromatic carbocycles. The molecule has 1 heterocycles. The minimum atomic E-state index is -3.51. The van der Waals surface area contributed by atoms with Gasteiger partial charge in [-0.05, 0) is 25.0 Å². The highest BCUT2D eigenvalue weighted by Crippen LogP contribution is 2.23. The third kappa shape index (κ3) is 3.93. The van der Waals surface area contributed by atoms with E-state index < -0.39 is 15.4 Å². The normalized spacial score (nSPS) is 17.8. The van der Waals surface area contributed by atoms with Crippen molar-refractivity contribution >= 4 is 15.9 Å². The van der Waals surface area contributed by atoms with Crippen LogP contribution in [0.25, 0.3) is 0 Å². The van der Waals surface area contributed by atoms with Crippen LogP contribution >= 0.6 is 0 Å². The first-order valence-electron chi connectivity index (χ1n) is 7.99. The summed E-state index contributed by atoms with van der Waals surface area (Å²) in [6.07, 6.45) is 0.660. The molecule has 0 atom stereocenters. The number of nitrogens with zero attached hydrogens (tertiary/aromatic N) is 2. The largest absolute Gasteiger partial charge is 0.341 e. The van der Waals surface area contributed by atoms with Gasteiger partial charge in [0.15, 0.2) is 0 Å². The summed E-state index contributed by atoms with van der Waals surface area (Å²) in [6, 6.07) is 7.03. The second kappa shape index (κ2) is 6.61. The average molecular weight is 338 g/mol. The maximum absolute atomic E-state index is 12.9. The van der Waals surface area contributed by atoms with E-state index in [-0.39, 0.29) is 5.91 Å². The second-order valence-corrected chi connectivity index (χ2v) is 8.97. The highest BCUT2D eigenvalue weighted by molar-refractivity contribution is 7.89. The SMILES string of the molecule is Cc1ccccc1S(=O)(=O)N1CCCN(C(=O)C(C)(C)C)CC1. The molecule has 0 saturated carbocycles. The van der Waals surface area contributed by atoms with E-state index in [1.54, 1.807) is 30.0 Å². The minimum Gasteiger partial charge on any atom is -0.341 e. The van der Waals surface area contributed by atoms with Gasteiger partial charge in [-0.1, -0.05) is 39.0 Å². The van der Waals surface area contributed by atoms with E-state index in [4.69, 9.17) is 0 Å². The molecule has 0 aliphatic carbocycles. The smallest absolute Gasteiger partial charge is 0.243 e. The Morgan fingerprint density at radius 3 is 2.30 bits per heavy atom. The lowest BCUT2D eigenvalue weighted by atomic mass is 9.94. The highest BCUT2D eigenvalue weighted by atomic mass is 32.2. The number of amides is 1. The number of hydrogen-bond donors (Lipinski definition) is 0. The number of benzene rings is 1. The quantitative estimate of drug-likeness (QED) is 0.831. The number of carbonyl (C=O) groups excluding carboxylic acids is 1. The van der Waals surface area contributed by atoms with E-state index in [0.29, 0.717) is 37.5 Å². The van der Waals surface area contributed by atoms with Gasteiger partial charge in [0, 0.05) is 31.6 Å². The van der Waals surface area contributed by atoms with Crippen LogP contribution < -0.4 is 0 Å². The third-order valence-electron chi connectivity index (χ3n) is 4.10. The van der Waals surface area contributed by atoms with Gasteiger partial charge in [-0.15, -0.1) is 0 Å². The van der Waals surface area contributed by atoms with Crippen molar-refractivity contribution in [3.63, 3.8) is 0 Å². The Morgan fingerprint density at radius 2 is 1.70 bits per heavy atom. The predicted molar refractivity (Wildman–Crippen MR) is 90.6 cm³/mol. The molecule has 0 N–H and O–H groups in total. The van der Waals surface area contributed by atoms with E-state index in [9.17, 15) is 13.2 Å². The summed E-state index contributed by atoms with van der Waals surface area (Å²) in [6.45, 7) is 9.33. The Balaban J connectivity index is 2.18. The third-order valence-corrected chi connectivity index (χ3v) is 6.15. The van der Waals surface area contributed by atoms with Crippen LogP contribution in [0.3, 0.4) is 0 Å².